The minimum Gasteiger partial charge on any atom is -0.322 e. The lowest BCUT2D eigenvalue weighted by Gasteiger charge is -2.13. The van der Waals surface area contributed by atoms with Crippen molar-refractivity contribution < 1.29 is 18.0 Å². The lowest BCUT2D eigenvalue weighted by Crippen LogP contribution is -2.14. The van der Waals surface area contributed by atoms with Crippen molar-refractivity contribution in [3.63, 3.8) is 0 Å². The molecule has 0 aliphatic rings. The first kappa shape index (κ1) is 18.0. The topological polar surface area (TPSA) is 29.1 Å². The molecule has 1 N–H and O–H groups in total. The van der Waals surface area contributed by atoms with Gasteiger partial charge in [0, 0.05) is 23.7 Å². The Morgan fingerprint density at radius 3 is 2.46 bits per heavy atom. The van der Waals surface area contributed by atoms with Gasteiger partial charge in [0.1, 0.15) is 5.82 Å². The first-order valence-electron chi connectivity index (χ1n) is 7.80. The molecular weight excluding hydrogens is 315 g/mol. The second kappa shape index (κ2) is 7.07. The molecule has 5 heteroatoms. The molecule has 0 atom stereocenters. The van der Waals surface area contributed by atoms with E-state index in [9.17, 15) is 18.0 Å². The number of rotatable bonds is 5. The lowest BCUT2D eigenvalue weighted by atomic mass is 10.0. The van der Waals surface area contributed by atoms with Gasteiger partial charge < -0.3 is 5.32 Å². The number of hydrogen-bond acceptors (Lipinski definition) is 1. The van der Waals surface area contributed by atoms with Gasteiger partial charge in [0.05, 0.1) is 0 Å². The van der Waals surface area contributed by atoms with Gasteiger partial charge in [-0.15, -0.1) is 0 Å². The Hall–Kier alpha value is -2.30. The Labute approximate surface area is 139 Å². The molecule has 1 amide bonds. The van der Waals surface area contributed by atoms with Crippen molar-refractivity contribution in [1.29, 1.82) is 0 Å². The molecule has 0 aliphatic carbocycles. The van der Waals surface area contributed by atoms with Crippen molar-refractivity contribution >= 4 is 11.6 Å². The molecule has 0 aromatic heterocycles. The van der Waals surface area contributed by atoms with Crippen LogP contribution in [0.2, 0.25) is 0 Å². The maximum atomic E-state index is 13.5. The van der Waals surface area contributed by atoms with Crippen LogP contribution in [0.3, 0.4) is 0 Å². The molecule has 0 radical (unpaired) electrons. The number of amides is 1. The van der Waals surface area contributed by atoms with Crippen molar-refractivity contribution in [3.8, 4) is 0 Å². The average Bonchev–Trinajstić information content (AvgIpc) is 2.48. The van der Waals surface area contributed by atoms with Gasteiger partial charge in [-0.25, -0.2) is 13.2 Å². The molecule has 24 heavy (non-hydrogen) atoms. The second-order valence-electron chi connectivity index (χ2n) is 5.96. The maximum absolute atomic E-state index is 13.5. The summed E-state index contributed by atoms with van der Waals surface area (Å²) in [6.07, 6.45) is 1.93. The number of anilines is 1. The van der Waals surface area contributed by atoms with Crippen LogP contribution >= 0.6 is 0 Å². The zero-order valence-electron chi connectivity index (χ0n) is 13.9. The molecule has 0 unspecified atom stereocenters. The molecule has 128 valence electrons. The predicted octanol–water partition coefficient (Wildman–Crippen LogP) is 5.45. The van der Waals surface area contributed by atoms with Crippen molar-refractivity contribution in [3.05, 3.63) is 64.5 Å². The van der Waals surface area contributed by atoms with E-state index in [0.29, 0.717) is 12.5 Å². The molecule has 0 spiro atoms. The summed E-state index contributed by atoms with van der Waals surface area (Å²) in [7, 11) is 0. The first-order chi connectivity index (χ1) is 11.2. The van der Waals surface area contributed by atoms with E-state index in [2.05, 4.69) is 12.2 Å². The summed E-state index contributed by atoms with van der Waals surface area (Å²) < 4.78 is 40.3. The average molecular weight is 335 g/mol. The molecule has 0 fully saturated rings. The van der Waals surface area contributed by atoms with Crippen LogP contribution in [0.15, 0.2) is 36.4 Å². The van der Waals surface area contributed by atoms with Gasteiger partial charge in [0.25, 0.3) is 11.8 Å². The number of hydrogen-bond donors (Lipinski definition) is 1. The van der Waals surface area contributed by atoms with Gasteiger partial charge in [-0.05, 0) is 54.8 Å². The second-order valence-corrected chi connectivity index (χ2v) is 5.96. The van der Waals surface area contributed by atoms with Gasteiger partial charge in [-0.2, -0.15) is 0 Å². The molecule has 0 saturated heterocycles. The standard InChI is InChI=1S/C19H20F3NO/c1-4-5-13-6-7-14(8-12(13)2)18(24)23-17-10-15(19(3,21)22)9-16(20)11-17/h6-11H,4-5H2,1-3H3,(H,23,24). The van der Waals surface area contributed by atoms with Crippen molar-refractivity contribution in [2.45, 2.75) is 39.5 Å². The molecule has 0 heterocycles. The van der Waals surface area contributed by atoms with Crippen LogP contribution in [-0.4, -0.2) is 5.91 Å². The van der Waals surface area contributed by atoms with Crippen molar-refractivity contribution in [2.75, 3.05) is 5.32 Å². The van der Waals surface area contributed by atoms with Crippen LogP contribution in [0.25, 0.3) is 0 Å². The summed E-state index contributed by atoms with van der Waals surface area (Å²) in [4.78, 5) is 12.3. The number of benzene rings is 2. The van der Waals surface area contributed by atoms with E-state index in [1.165, 1.54) is 0 Å². The van der Waals surface area contributed by atoms with Gasteiger partial charge in [-0.3, -0.25) is 4.79 Å². The highest BCUT2D eigenvalue weighted by Crippen LogP contribution is 2.30. The largest absolute Gasteiger partial charge is 0.322 e. The first-order valence-corrected chi connectivity index (χ1v) is 7.80. The fourth-order valence-corrected chi connectivity index (χ4v) is 2.51. The molecule has 2 aromatic carbocycles. The normalized spacial score (nSPS) is 11.4. The molecule has 2 rings (SSSR count). The summed E-state index contributed by atoms with van der Waals surface area (Å²) in [5, 5.41) is 2.48. The number of alkyl halides is 2. The monoisotopic (exact) mass is 335 g/mol. The summed E-state index contributed by atoms with van der Waals surface area (Å²) in [6, 6.07) is 8.17. The third kappa shape index (κ3) is 4.37. The zero-order chi connectivity index (χ0) is 17.9. The van der Waals surface area contributed by atoms with E-state index < -0.39 is 23.2 Å². The predicted molar refractivity (Wildman–Crippen MR) is 89.1 cm³/mol. The number of nitrogens with one attached hydrogen (secondary N) is 1. The van der Waals surface area contributed by atoms with Crippen molar-refractivity contribution in [2.24, 2.45) is 0 Å². The molecule has 2 nitrogen and oxygen atoms in total. The third-order valence-electron chi connectivity index (χ3n) is 3.79. The van der Waals surface area contributed by atoms with E-state index in [-0.39, 0.29) is 5.69 Å². The smallest absolute Gasteiger partial charge is 0.270 e. The highest BCUT2D eigenvalue weighted by molar-refractivity contribution is 6.04. The highest BCUT2D eigenvalue weighted by Gasteiger charge is 2.25. The summed E-state index contributed by atoms with van der Waals surface area (Å²) >= 11 is 0. The van der Waals surface area contributed by atoms with Gasteiger partial charge in [-0.1, -0.05) is 19.4 Å². The van der Waals surface area contributed by atoms with Crippen LogP contribution in [0.5, 0.6) is 0 Å². The molecule has 2 aromatic rings. The van der Waals surface area contributed by atoms with Crippen LogP contribution in [0.4, 0.5) is 18.9 Å². The van der Waals surface area contributed by atoms with Crippen LogP contribution in [0.1, 0.15) is 47.3 Å². The number of carbonyl (C=O) groups excluding carboxylic acids is 1. The Morgan fingerprint density at radius 1 is 1.17 bits per heavy atom. The van der Waals surface area contributed by atoms with Crippen LogP contribution in [0, 0.1) is 12.7 Å². The number of halogens is 3. The van der Waals surface area contributed by atoms with E-state index in [4.69, 9.17) is 0 Å². The minimum atomic E-state index is -3.18. The fraction of sp³-hybridized carbons (Fsp3) is 0.316. The Balaban J connectivity index is 2.24. The van der Waals surface area contributed by atoms with Crippen LogP contribution < -0.4 is 5.32 Å². The quantitative estimate of drug-likeness (QED) is 0.773. The third-order valence-corrected chi connectivity index (χ3v) is 3.79. The molecule has 0 saturated carbocycles. The fourth-order valence-electron chi connectivity index (χ4n) is 2.51. The summed E-state index contributed by atoms with van der Waals surface area (Å²) in [5.41, 5.74) is 2.08. The lowest BCUT2D eigenvalue weighted by molar-refractivity contribution is 0.0172. The van der Waals surface area contributed by atoms with E-state index in [0.717, 1.165) is 42.2 Å². The molecule has 0 bridgehead atoms. The number of carbonyl (C=O) groups is 1. The van der Waals surface area contributed by atoms with Gasteiger partial charge in [0.2, 0.25) is 0 Å². The van der Waals surface area contributed by atoms with E-state index in [1.807, 2.05) is 13.0 Å². The van der Waals surface area contributed by atoms with Gasteiger partial charge in [0.15, 0.2) is 0 Å². The molecular formula is C19H20F3NO. The van der Waals surface area contributed by atoms with Gasteiger partial charge >= 0.3 is 0 Å². The Morgan fingerprint density at radius 2 is 1.88 bits per heavy atom. The Kier molecular flexibility index (Phi) is 5.32. The zero-order valence-corrected chi connectivity index (χ0v) is 13.9. The Bertz CT molecular complexity index is 751. The summed E-state index contributed by atoms with van der Waals surface area (Å²) in [6.45, 7) is 4.67. The van der Waals surface area contributed by atoms with Crippen molar-refractivity contribution in [1.82, 2.24) is 0 Å². The SMILES string of the molecule is CCCc1ccc(C(=O)Nc2cc(F)cc(C(C)(F)F)c2)cc1C. The number of aryl methyl sites for hydroxylation is 2. The summed E-state index contributed by atoms with van der Waals surface area (Å²) in [5.74, 6) is -4.46. The van der Waals surface area contributed by atoms with E-state index in [1.54, 1.807) is 12.1 Å². The highest BCUT2D eigenvalue weighted by atomic mass is 19.3. The minimum absolute atomic E-state index is 0.00631. The van der Waals surface area contributed by atoms with E-state index >= 15 is 0 Å². The van der Waals surface area contributed by atoms with Crippen LogP contribution in [-0.2, 0) is 12.3 Å². The maximum Gasteiger partial charge on any atom is 0.270 e. The molecule has 0 aliphatic heterocycles.